The number of hydrogen-bond donors (Lipinski definition) is 0. The highest BCUT2D eigenvalue weighted by molar-refractivity contribution is 5.18. The molecule has 0 N–H and O–H groups in total. The Bertz CT molecular complexity index is 395. The molecule has 114 valence electrons. The smallest absolute Gasteiger partial charge is 0.0981 e. The second-order valence-corrected chi connectivity index (χ2v) is 6.74. The summed E-state index contributed by atoms with van der Waals surface area (Å²) in [6.07, 6.45) is 1.18. The Morgan fingerprint density at radius 2 is 1.35 bits per heavy atom. The molecule has 2 heteroatoms. The van der Waals surface area contributed by atoms with E-state index < -0.39 is 0 Å². The van der Waals surface area contributed by atoms with Crippen molar-refractivity contribution in [1.29, 1.82) is 0 Å². The molecule has 1 aromatic carbocycles. The topological polar surface area (TPSA) is 18.5 Å². The summed E-state index contributed by atoms with van der Waals surface area (Å²) >= 11 is 0. The van der Waals surface area contributed by atoms with Gasteiger partial charge in [-0.2, -0.15) is 0 Å². The van der Waals surface area contributed by atoms with Gasteiger partial charge in [-0.05, 0) is 54.0 Å². The molecule has 0 radical (unpaired) electrons. The minimum absolute atomic E-state index is 0.166. The van der Waals surface area contributed by atoms with E-state index in [4.69, 9.17) is 9.47 Å². The minimum Gasteiger partial charge on any atom is -0.370 e. The zero-order chi connectivity index (χ0) is 15.4. The molecule has 0 aliphatic heterocycles. The lowest BCUT2D eigenvalue weighted by molar-refractivity contribution is -0.212. The van der Waals surface area contributed by atoms with Crippen molar-refractivity contribution in [3.05, 3.63) is 35.9 Å². The molecule has 0 aliphatic rings. The van der Waals surface area contributed by atoms with Gasteiger partial charge in [0.25, 0.3) is 0 Å². The summed E-state index contributed by atoms with van der Waals surface area (Å²) in [6, 6.07) is 10.5. The summed E-state index contributed by atoms with van der Waals surface area (Å²) in [4.78, 5) is 0. The lowest BCUT2D eigenvalue weighted by Crippen LogP contribution is -2.55. The summed E-state index contributed by atoms with van der Waals surface area (Å²) in [5, 5.41) is 0. The Morgan fingerprint density at radius 1 is 0.850 bits per heavy atom. The first-order chi connectivity index (χ1) is 9.16. The highest BCUT2D eigenvalue weighted by Crippen LogP contribution is 2.35. The van der Waals surface area contributed by atoms with E-state index in [9.17, 15) is 0 Å². The number of hydrogen-bond acceptors (Lipinski definition) is 2. The van der Waals surface area contributed by atoms with Crippen LogP contribution in [0.25, 0.3) is 0 Å². The van der Waals surface area contributed by atoms with Gasteiger partial charge in [0.2, 0.25) is 0 Å². The van der Waals surface area contributed by atoms with Gasteiger partial charge < -0.3 is 9.47 Å². The van der Waals surface area contributed by atoms with E-state index in [1.807, 2.05) is 6.07 Å². The number of benzene rings is 1. The van der Waals surface area contributed by atoms with Gasteiger partial charge in [-0.1, -0.05) is 30.3 Å². The van der Waals surface area contributed by atoms with E-state index in [2.05, 4.69) is 72.7 Å². The van der Waals surface area contributed by atoms with Crippen LogP contribution in [0.3, 0.4) is 0 Å². The molecular weight excluding hydrogens is 248 g/mol. The average molecular weight is 278 g/mol. The maximum Gasteiger partial charge on any atom is 0.0981 e. The van der Waals surface area contributed by atoms with Crippen LogP contribution in [0.4, 0.5) is 0 Å². The molecular formula is C18H30O2. The average Bonchev–Trinajstić information content (AvgIpc) is 2.26. The van der Waals surface area contributed by atoms with Gasteiger partial charge in [0.05, 0.1) is 23.4 Å². The Balaban J connectivity index is 3.02. The molecule has 1 aromatic rings. The van der Waals surface area contributed by atoms with Crippen LogP contribution in [-0.4, -0.2) is 23.4 Å². The van der Waals surface area contributed by atoms with Gasteiger partial charge in [0.15, 0.2) is 0 Å². The van der Waals surface area contributed by atoms with E-state index in [-0.39, 0.29) is 23.4 Å². The first-order valence-corrected chi connectivity index (χ1v) is 7.56. The first kappa shape index (κ1) is 17.2. The third-order valence-electron chi connectivity index (χ3n) is 3.68. The first-order valence-electron chi connectivity index (χ1n) is 7.56. The van der Waals surface area contributed by atoms with Crippen molar-refractivity contribution in [3.63, 3.8) is 0 Å². The van der Waals surface area contributed by atoms with E-state index in [0.717, 1.165) is 6.42 Å². The molecule has 0 fully saturated rings. The van der Waals surface area contributed by atoms with Crippen LogP contribution in [-0.2, 0) is 15.9 Å². The van der Waals surface area contributed by atoms with Crippen LogP contribution in [0.5, 0.6) is 0 Å². The van der Waals surface area contributed by atoms with E-state index in [0.29, 0.717) is 0 Å². The van der Waals surface area contributed by atoms with E-state index in [1.165, 1.54) is 5.56 Å². The standard InChI is InChI=1S/C18H30O2/c1-14(2)19-17(5,6)18(7,20-15(3)4)13-16-11-9-8-10-12-16/h8-12,14-15H,13H2,1-7H3. The lowest BCUT2D eigenvalue weighted by atomic mass is 9.81. The van der Waals surface area contributed by atoms with Crippen LogP contribution in [0.15, 0.2) is 30.3 Å². The molecule has 0 aliphatic carbocycles. The van der Waals surface area contributed by atoms with Crippen LogP contribution < -0.4 is 0 Å². The van der Waals surface area contributed by atoms with Gasteiger partial charge >= 0.3 is 0 Å². The SMILES string of the molecule is CC(C)OC(C)(C)C(C)(Cc1ccccc1)OC(C)C. The molecule has 1 atom stereocenters. The van der Waals surface area contributed by atoms with Crippen molar-refractivity contribution in [2.45, 2.75) is 78.3 Å². The Hall–Kier alpha value is -0.860. The normalized spacial score (nSPS) is 15.7. The van der Waals surface area contributed by atoms with Gasteiger partial charge in [-0.15, -0.1) is 0 Å². The Labute approximate surface area is 124 Å². The zero-order valence-corrected chi connectivity index (χ0v) is 14.1. The zero-order valence-electron chi connectivity index (χ0n) is 14.1. The molecule has 1 rings (SSSR count). The van der Waals surface area contributed by atoms with Crippen molar-refractivity contribution >= 4 is 0 Å². The van der Waals surface area contributed by atoms with Crippen LogP contribution >= 0.6 is 0 Å². The van der Waals surface area contributed by atoms with Gasteiger partial charge in [0.1, 0.15) is 0 Å². The van der Waals surface area contributed by atoms with Crippen LogP contribution in [0.1, 0.15) is 54.0 Å². The molecule has 0 spiro atoms. The summed E-state index contributed by atoms with van der Waals surface area (Å²) in [5.41, 5.74) is 0.546. The van der Waals surface area contributed by atoms with Gasteiger partial charge in [0, 0.05) is 6.42 Å². The minimum atomic E-state index is -0.368. The Morgan fingerprint density at radius 3 is 1.80 bits per heavy atom. The maximum absolute atomic E-state index is 6.28. The van der Waals surface area contributed by atoms with Crippen molar-refractivity contribution < 1.29 is 9.47 Å². The molecule has 2 nitrogen and oxygen atoms in total. The highest BCUT2D eigenvalue weighted by Gasteiger charge is 2.44. The van der Waals surface area contributed by atoms with Crippen molar-refractivity contribution in [3.8, 4) is 0 Å². The largest absolute Gasteiger partial charge is 0.370 e. The van der Waals surface area contributed by atoms with Crippen LogP contribution in [0, 0.1) is 0 Å². The molecule has 1 unspecified atom stereocenters. The van der Waals surface area contributed by atoms with Crippen molar-refractivity contribution in [2.75, 3.05) is 0 Å². The van der Waals surface area contributed by atoms with Gasteiger partial charge in [-0.3, -0.25) is 0 Å². The fourth-order valence-corrected chi connectivity index (χ4v) is 2.62. The van der Waals surface area contributed by atoms with Crippen molar-refractivity contribution in [1.82, 2.24) is 0 Å². The molecule has 0 saturated heterocycles. The molecule has 20 heavy (non-hydrogen) atoms. The van der Waals surface area contributed by atoms with E-state index >= 15 is 0 Å². The second kappa shape index (κ2) is 6.73. The fraction of sp³-hybridized carbons (Fsp3) is 0.667. The van der Waals surface area contributed by atoms with Gasteiger partial charge in [-0.25, -0.2) is 0 Å². The quantitative estimate of drug-likeness (QED) is 0.724. The number of rotatable bonds is 7. The monoisotopic (exact) mass is 278 g/mol. The van der Waals surface area contributed by atoms with Crippen molar-refractivity contribution in [2.24, 2.45) is 0 Å². The molecule has 0 bridgehead atoms. The highest BCUT2D eigenvalue weighted by atomic mass is 16.6. The second-order valence-electron chi connectivity index (χ2n) is 6.74. The third-order valence-corrected chi connectivity index (χ3v) is 3.68. The summed E-state index contributed by atoms with van der Waals surface area (Å²) < 4.78 is 12.4. The Kier molecular flexibility index (Phi) is 5.79. The lowest BCUT2D eigenvalue weighted by Gasteiger charge is -2.46. The molecule has 0 saturated carbocycles. The van der Waals surface area contributed by atoms with E-state index in [1.54, 1.807) is 0 Å². The third kappa shape index (κ3) is 4.60. The van der Waals surface area contributed by atoms with Crippen LogP contribution in [0.2, 0.25) is 0 Å². The fourth-order valence-electron chi connectivity index (χ4n) is 2.62. The molecule has 0 amide bonds. The molecule has 0 heterocycles. The maximum atomic E-state index is 6.28. The number of ether oxygens (including phenoxy) is 2. The predicted molar refractivity (Wildman–Crippen MR) is 85.1 cm³/mol. The molecule has 0 aromatic heterocycles. The predicted octanol–water partition coefficient (Wildman–Crippen LogP) is 4.62. The summed E-state index contributed by atoms with van der Waals surface area (Å²) in [5.74, 6) is 0. The summed E-state index contributed by atoms with van der Waals surface area (Å²) in [7, 11) is 0. The summed E-state index contributed by atoms with van der Waals surface area (Å²) in [6.45, 7) is 14.7.